The number of aromatic nitrogens is 2. The number of hydrogen-bond donors (Lipinski definition) is 2. The van der Waals surface area contributed by atoms with Crippen LogP contribution in [0.25, 0.3) is 0 Å². The fraction of sp³-hybridized carbons (Fsp3) is 0.100. The Balaban J connectivity index is 1.69. The quantitative estimate of drug-likeness (QED) is 0.748. The highest BCUT2D eigenvalue weighted by atomic mass is 16.1. The van der Waals surface area contributed by atoms with Gasteiger partial charge in [0.05, 0.1) is 24.0 Å². The van der Waals surface area contributed by atoms with Gasteiger partial charge in [0.15, 0.2) is 0 Å². The van der Waals surface area contributed by atoms with Crippen LogP contribution in [0.2, 0.25) is 0 Å². The molecule has 1 amide bonds. The molecule has 2 N–H and O–H groups in total. The van der Waals surface area contributed by atoms with Crippen LogP contribution in [0.5, 0.6) is 0 Å². The van der Waals surface area contributed by atoms with E-state index in [1.807, 2.05) is 31.2 Å². The van der Waals surface area contributed by atoms with Crippen LogP contribution in [-0.4, -0.2) is 15.9 Å². The van der Waals surface area contributed by atoms with Gasteiger partial charge in [0.1, 0.15) is 11.5 Å². The second-order valence-corrected chi connectivity index (χ2v) is 5.86. The summed E-state index contributed by atoms with van der Waals surface area (Å²) in [6, 6.07) is 14.7. The zero-order valence-corrected chi connectivity index (χ0v) is 14.4. The molecule has 0 bridgehead atoms. The van der Waals surface area contributed by atoms with Crippen LogP contribution >= 0.6 is 0 Å². The zero-order chi connectivity index (χ0) is 18.5. The molecule has 0 saturated heterocycles. The summed E-state index contributed by atoms with van der Waals surface area (Å²) in [5.74, 6) is 0.168. The number of nitrogens with one attached hydrogen (secondary N) is 2. The van der Waals surface area contributed by atoms with Crippen molar-refractivity contribution in [2.24, 2.45) is 0 Å². The van der Waals surface area contributed by atoms with Crippen molar-refractivity contribution < 1.29 is 4.79 Å². The number of carbonyl (C=O) groups excluding carboxylic acids is 1. The second-order valence-electron chi connectivity index (χ2n) is 5.86. The minimum absolute atomic E-state index is 0.193. The first kappa shape index (κ1) is 17.1. The Morgan fingerprint density at radius 1 is 1.00 bits per heavy atom. The topological polar surface area (TPSA) is 90.7 Å². The molecule has 6 heteroatoms. The van der Waals surface area contributed by atoms with E-state index in [1.165, 1.54) is 23.5 Å². The van der Waals surface area contributed by atoms with E-state index in [-0.39, 0.29) is 11.6 Å². The van der Waals surface area contributed by atoms with Crippen molar-refractivity contribution in [1.29, 1.82) is 5.26 Å². The number of benzene rings is 2. The van der Waals surface area contributed by atoms with E-state index >= 15 is 0 Å². The minimum Gasteiger partial charge on any atom is -0.339 e. The molecule has 0 saturated carbocycles. The molecule has 0 spiro atoms. The highest BCUT2D eigenvalue weighted by Crippen LogP contribution is 2.18. The molecule has 0 unspecified atom stereocenters. The number of anilines is 3. The van der Waals surface area contributed by atoms with Gasteiger partial charge in [-0.15, -0.1) is 0 Å². The fourth-order valence-electron chi connectivity index (χ4n) is 2.34. The van der Waals surface area contributed by atoms with Crippen molar-refractivity contribution in [3.63, 3.8) is 0 Å². The van der Waals surface area contributed by atoms with E-state index in [4.69, 9.17) is 5.26 Å². The lowest BCUT2D eigenvalue weighted by atomic mass is 10.1. The summed E-state index contributed by atoms with van der Waals surface area (Å²) in [7, 11) is 0. The number of rotatable bonds is 4. The number of amides is 1. The van der Waals surface area contributed by atoms with Crippen molar-refractivity contribution in [1.82, 2.24) is 9.97 Å². The first-order valence-electron chi connectivity index (χ1n) is 8.03. The van der Waals surface area contributed by atoms with Gasteiger partial charge in [-0.3, -0.25) is 4.79 Å². The minimum atomic E-state index is -0.384. The van der Waals surface area contributed by atoms with Crippen LogP contribution in [0.15, 0.2) is 54.9 Å². The van der Waals surface area contributed by atoms with Crippen LogP contribution in [0, 0.1) is 25.2 Å². The summed E-state index contributed by atoms with van der Waals surface area (Å²) >= 11 is 0. The van der Waals surface area contributed by atoms with E-state index in [1.54, 1.807) is 24.3 Å². The Kier molecular flexibility index (Phi) is 4.90. The molecule has 128 valence electrons. The van der Waals surface area contributed by atoms with Crippen LogP contribution in [-0.2, 0) is 0 Å². The summed E-state index contributed by atoms with van der Waals surface area (Å²) < 4.78 is 0. The van der Waals surface area contributed by atoms with Gasteiger partial charge in [-0.05, 0) is 55.3 Å². The van der Waals surface area contributed by atoms with Crippen LogP contribution in [0.1, 0.15) is 27.2 Å². The SMILES string of the molecule is Cc1ccc(Nc2cnc(C(=O)Nc3cccc(C#N)c3)cn2)cc1C. The van der Waals surface area contributed by atoms with Gasteiger partial charge < -0.3 is 10.6 Å². The summed E-state index contributed by atoms with van der Waals surface area (Å²) in [6.07, 6.45) is 2.92. The average Bonchev–Trinajstić information content (AvgIpc) is 2.65. The lowest BCUT2D eigenvalue weighted by Gasteiger charge is -2.08. The summed E-state index contributed by atoms with van der Waals surface area (Å²) in [4.78, 5) is 20.6. The predicted octanol–water partition coefficient (Wildman–Crippen LogP) is 3.96. The van der Waals surface area contributed by atoms with Gasteiger partial charge in [-0.1, -0.05) is 12.1 Å². The molecule has 2 aromatic carbocycles. The van der Waals surface area contributed by atoms with Crippen molar-refractivity contribution in [2.45, 2.75) is 13.8 Å². The van der Waals surface area contributed by atoms with Crippen molar-refractivity contribution in [3.8, 4) is 6.07 Å². The van der Waals surface area contributed by atoms with Crippen LogP contribution in [0.3, 0.4) is 0 Å². The van der Waals surface area contributed by atoms with Crippen LogP contribution in [0.4, 0.5) is 17.2 Å². The van der Waals surface area contributed by atoms with Crippen molar-refractivity contribution in [3.05, 3.63) is 77.2 Å². The molecule has 0 aliphatic heterocycles. The number of nitrogens with zero attached hydrogens (tertiary/aromatic N) is 3. The smallest absolute Gasteiger partial charge is 0.275 e. The van der Waals surface area contributed by atoms with Gasteiger partial charge in [0, 0.05) is 11.4 Å². The summed E-state index contributed by atoms with van der Waals surface area (Å²) in [6.45, 7) is 4.10. The van der Waals surface area contributed by atoms with E-state index in [2.05, 4.69) is 27.5 Å². The molecule has 0 aliphatic rings. The normalized spacial score (nSPS) is 10.0. The predicted molar refractivity (Wildman–Crippen MR) is 100 cm³/mol. The number of aryl methyl sites for hydroxylation is 2. The molecule has 3 aromatic rings. The van der Waals surface area contributed by atoms with E-state index in [0.29, 0.717) is 17.1 Å². The Morgan fingerprint density at radius 3 is 2.54 bits per heavy atom. The fourth-order valence-corrected chi connectivity index (χ4v) is 2.34. The monoisotopic (exact) mass is 343 g/mol. The number of nitriles is 1. The summed E-state index contributed by atoms with van der Waals surface area (Å²) in [5, 5.41) is 14.8. The second kappa shape index (κ2) is 7.45. The first-order chi connectivity index (χ1) is 12.5. The Bertz CT molecular complexity index is 990. The van der Waals surface area contributed by atoms with E-state index < -0.39 is 0 Å². The van der Waals surface area contributed by atoms with Crippen molar-refractivity contribution >= 4 is 23.1 Å². The maximum absolute atomic E-state index is 12.2. The molecule has 6 nitrogen and oxygen atoms in total. The molecular formula is C20H17N5O. The number of carbonyl (C=O) groups is 1. The van der Waals surface area contributed by atoms with Gasteiger partial charge >= 0.3 is 0 Å². The van der Waals surface area contributed by atoms with Gasteiger partial charge in [0.25, 0.3) is 5.91 Å². The van der Waals surface area contributed by atoms with Gasteiger partial charge in [-0.25, -0.2) is 9.97 Å². The third-order valence-electron chi connectivity index (χ3n) is 3.91. The third kappa shape index (κ3) is 4.02. The van der Waals surface area contributed by atoms with Crippen molar-refractivity contribution in [2.75, 3.05) is 10.6 Å². The molecule has 0 aliphatic carbocycles. The molecule has 1 aromatic heterocycles. The maximum atomic E-state index is 12.2. The Labute approximate surface area is 151 Å². The molecule has 0 fully saturated rings. The van der Waals surface area contributed by atoms with Crippen LogP contribution < -0.4 is 10.6 Å². The molecule has 3 rings (SSSR count). The average molecular weight is 343 g/mol. The highest BCUT2D eigenvalue weighted by Gasteiger charge is 2.09. The van der Waals surface area contributed by atoms with E-state index in [0.717, 1.165) is 5.69 Å². The van der Waals surface area contributed by atoms with Gasteiger partial charge in [0.2, 0.25) is 0 Å². The molecule has 26 heavy (non-hydrogen) atoms. The van der Waals surface area contributed by atoms with Gasteiger partial charge in [-0.2, -0.15) is 5.26 Å². The highest BCUT2D eigenvalue weighted by molar-refractivity contribution is 6.02. The molecular weight excluding hydrogens is 326 g/mol. The maximum Gasteiger partial charge on any atom is 0.275 e. The molecule has 0 radical (unpaired) electrons. The third-order valence-corrected chi connectivity index (χ3v) is 3.91. The Hall–Kier alpha value is -3.72. The zero-order valence-electron chi connectivity index (χ0n) is 14.4. The lowest BCUT2D eigenvalue weighted by Crippen LogP contribution is -2.14. The largest absolute Gasteiger partial charge is 0.339 e. The summed E-state index contributed by atoms with van der Waals surface area (Å²) in [5.41, 5.74) is 4.51. The first-order valence-corrected chi connectivity index (χ1v) is 8.03. The Morgan fingerprint density at radius 2 is 1.85 bits per heavy atom. The lowest BCUT2D eigenvalue weighted by molar-refractivity contribution is 0.102. The molecule has 1 heterocycles. The standard InChI is InChI=1S/C20H17N5O/c1-13-6-7-17(8-14(13)2)24-19-12-22-18(11-23-19)20(26)25-16-5-3-4-15(9-16)10-21/h3-9,11-12H,1-2H3,(H,23,24)(H,25,26). The molecule has 0 atom stereocenters. The number of hydrogen-bond acceptors (Lipinski definition) is 5. The van der Waals surface area contributed by atoms with E-state index in [9.17, 15) is 4.79 Å².